The maximum Gasteiger partial charge on any atom is 0.335 e. The molecule has 2 amide bonds. The van der Waals surface area contributed by atoms with Crippen LogP contribution in [0.4, 0.5) is 0 Å². The number of hydrogen-bond acceptors (Lipinski definition) is 6. The molecule has 0 radical (unpaired) electrons. The molecule has 1 aromatic rings. The molecule has 3 N–H and O–H groups in total. The van der Waals surface area contributed by atoms with Crippen LogP contribution in [-0.4, -0.2) is 81.4 Å². The van der Waals surface area contributed by atoms with Crippen LogP contribution >= 0.6 is 0 Å². The summed E-state index contributed by atoms with van der Waals surface area (Å²) in [5, 5.41) is 18.4. The number of carbonyl (C=O) groups excluding carboxylic acids is 2. The maximum absolute atomic E-state index is 13.1. The highest BCUT2D eigenvalue weighted by Crippen LogP contribution is 2.38. The molecule has 0 aliphatic carbocycles. The van der Waals surface area contributed by atoms with Crippen LogP contribution in [0, 0.1) is 17.2 Å². The van der Waals surface area contributed by atoms with Gasteiger partial charge in [0, 0.05) is 25.7 Å². The first-order valence-electron chi connectivity index (χ1n) is 11.1. The number of fused-ring (bicyclic) bond motifs is 2. The number of carboxylic acids is 1. The average molecular weight is 440 g/mol. The number of nitrogens with two attached hydrogens (primary N) is 1. The molecule has 0 aromatic heterocycles. The van der Waals surface area contributed by atoms with Crippen LogP contribution in [-0.2, 0) is 9.59 Å². The molecule has 3 aliphatic heterocycles. The van der Waals surface area contributed by atoms with Crippen LogP contribution in [0.5, 0.6) is 0 Å². The topological polar surface area (TPSA) is 131 Å². The Morgan fingerprint density at radius 3 is 2.53 bits per heavy atom. The Hall–Kier alpha value is -2.96. The fourth-order valence-corrected chi connectivity index (χ4v) is 5.42. The van der Waals surface area contributed by atoms with E-state index in [1.807, 2.05) is 23.6 Å². The fourth-order valence-electron chi connectivity index (χ4n) is 5.42. The summed E-state index contributed by atoms with van der Waals surface area (Å²) in [7, 11) is 0. The Labute approximate surface area is 187 Å². The van der Waals surface area contributed by atoms with Gasteiger partial charge >= 0.3 is 5.97 Å². The van der Waals surface area contributed by atoms with E-state index in [0.29, 0.717) is 32.5 Å². The Kier molecular flexibility index (Phi) is 5.93. The Balaban J connectivity index is 1.39. The second-order valence-corrected chi connectivity index (χ2v) is 9.29. The summed E-state index contributed by atoms with van der Waals surface area (Å²) in [6, 6.07) is 7.17. The SMILES string of the molecule is CC1CC(C#N)N(C(=O)C(N)CN2C[C@@H]3CC2C(=O)N3[C@@H](C)c2ccc(C(=O)O)cc2)C1. The van der Waals surface area contributed by atoms with E-state index in [1.165, 1.54) is 0 Å². The third-order valence-electron chi connectivity index (χ3n) is 7.06. The maximum atomic E-state index is 13.1. The van der Waals surface area contributed by atoms with Gasteiger partial charge in [0.25, 0.3) is 0 Å². The molecule has 3 fully saturated rings. The summed E-state index contributed by atoms with van der Waals surface area (Å²) in [4.78, 5) is 42.5. The van der Waals surface area contributed by atoms with E-state index in [4.69, 9.17) is 10.8 Å². The van der Waals surface area contributed by atoms with Gasteiger partial charge in [0.05, 0.1) is 29.8 Å². The van der Waals surface area contributed by atoms with E-state index in [0.717, 1.165) is 5.56 Å². The second-order valence-electron chi connectivity index (χ2n) is 9.29. The van der Waals surface area contributed by atoms with Crippen molar-refractivity contribution in [1.29, 1.82) is 5.26 Å². The largest absolute Gasteiger partial charge is 0.478 e. The molecular weight excluding hydrogens is 410 g/mol. The quantitative estimate of drug-likeness (QED) is 0.671. The zero-order chi connectivity index (χ0) is 23.2. The van der Waals surface area contributed by atoms with Gasteiger partial charge < -0.3 is 20.6 Å². The van der Waals surface area contributed by atoms with E-state index in [-0.39, 0.29) is 41.4 Å². The molecule has 2 bridgehead atoms. The first-order chi connectivity index (χ1) is 15.2. The molecule has 3 saturated heterocycles. The molecule has 3 aliphatic rings. The van der Waals surface area contributed by atoms with Crippen molar-refractivity contribution in [2.24, 2.45) is 11.7 Å². The van der Waals surface area contributed by atoms with Crippen molar-refractivity contribution in [3.63, 3.8) is 0 Å². The van der Waals surface area contributed by atoms with Crippen LogP contribution in [0.1, 0.15) is 48.7 Å². The van der Waals surface area contributed by atoms with Gasteiger partial charge in [-0.05, 0) is 43.4 Å². The third kappa shape index (κ3) is 3.85. The van der Waals surface area contributed by atoms with E-state index in [1.54, 1.807) is 29.2 Å². The molecule has 9 nitrogen and oxygen atoms in total. The first-order valence-corrected chi connectivity index (χ1v) is 11.1. The van der Waals surface area contributed by atoms with Crippen molar-refractivity contribution in [1.82, 2.24) is 14.7 Å². The lowest BCUT2D eigenvalue weighted by Crippen LogP contribution is -2.56. The van der Waals surface area contributed by atoms with Crippen molar-refractivity contribution < 1.29 is 19.5 Å². The summed E-state index contributed by atoms with van der Waals surface area (Å²) in [5.74, 6) is -0.911. The summed E-state index contributed by atoms with van der Waals surface area (Å²) < 4.78 is 0. The van der Waals surface area contributed by atoms with E-state index in [2.05, 4.69) is 6.07 Å². The van der Waals surface area contributed by atoms with Crippen molar-refractivity contribution >= 4 is 17.8 Å². The van der Waals surface area contributed by atoms with Gasteiger partial charge in [-0.2, -0.15) is 5.26 Å². The van der Waals surface area contributed by atoms with Crippen LogP contribution in [0.25, 0.3) is 0 Å². The molecule has 4 unspecified atom stereocenters. The summed E-state index contributed by atoms with van der Waals surface area (Å²) >= 11 is 0. The first kappa shape index (κ1) is 22.2. The Bertz CT molecular complexity index is 958. The Morgan fingerprint density at radius 1 is 1.25 bits per heavy atom. The number of amides is 2. The normalized spacial score (nSPS) is 29.2. The highest BCUT2D eigenvalue weighted by atomic mass is 16.4. The third-order valence-corrected chi connectivity index (χ3v) is 7.06. The number of carbonyl (C=O) groups is 3. The summed E-state index contributed by atoms with van der Waals surface area (Å²) in [6.07, 6.45) is 1.36. The number of nitriles is 1. The van der Waals surface area contributed by atoms with E-state index in [9.17, 15) is 19.6 Å². The van der Waals surface area contributed by atoms with Crippen LogP contribution in [0.3, 0.4) is 0 Å². The number of hydrogen-bond donors (Lipinski definition) is 2. The predicted molar refractivity (Wildman–Crippen MR) is 115 cm³/mol. The molecule has 32 heavy (non-hydrogen) atoms. The fraction of sp³-hybridized carbons (Fsp3) is 0.565. The smallest absolute Gasteiger partial charge is 0.335 e. The molecule has 6 atom stereocenters. The number of aromatic carboxylic acids is 1. The summed E-state index contributed by atoms with van der Waals surface area (Å²) in [6.45, 7) is 5.45. The van der Waals surface area contributed by atoms with Crippen molar-refractivity contribution in [3.8, 4) is 6.07 Å². The minimum Gasteiger partial charge on any atom is -0.478 e. The minimum atomic E-state index is -0.980. The monoisotopic (exact) mass is 439 g/mol. The van der Waals surface area contributed by atoms with Gasteiger partial charge in [0.2, 0.25) is 11.8 Å². The summed E-state index contributed by atoms with van der Waals surface area (Å²) in [5.41, 5.74) is 7.33. The van der Waals surface area contributed by atoms with Crippen molar-refractivity contribution in [2.75, 3.05) is 19.6 Å². The number of rotatable bonds is 6. The average Bonchev–Trinajstić information content (AvgIpc) is 3.44. The number of carboxylic acid groups (broad SMARTS) is 1. The molecule has 9 heteroatoms. The predicted octanol–water partition coefficient (Wildman–Crippen LogP) is 0.819. The lowest BCUT2D eigenvalue weighted by atomic mass is 10.0. The Morgan fingerprint density at radius 2 is 1.94 bits per heavy atom. The molecule has 3 heterocycles. The number of likely N-dealkylation sites (tertiary alicyclic amines) is 3. The number of benzene rings is 1. The molecule has 0 saturated carbocycles. The molecule has 1 aromatic carbocycles. The zero-order valence-corrected chi connectivity index (χ0v) is 18.3. The van der Waals surface area contributed by atoms with Gasteiger partial charge in [-0.3, -0.25) is 14.5 Å². The van der Waals surface area contributed by atoms with Gasteiger partial charge in [0.1, 0.15) is 6.04 Å². The number of piperazine rings is 1. The van der Waals surface area contributed by atoms with Gasteiger partial charge in [-0.15, -0.1) is 0 Å². The highest BCUT2D eigenvalue weighted by Gasteiger charge is 2.51. The minimum absolute atomic E-state index is 0.0143. The lowest BCUT2D eigenvalue weighted by Gasteiger charge is -2.38. The van der Waals surface area contributed by atoms with Crippen LogP contribution in [0.15, 0.2) is 24.3 Å². The lowest BCUT2D eigenvalue weighted by molar-refractivity contribution is -0.141. The van der Waals surface area contributed by atoms with Crippen molar-refractivity contribution in [3.05, 3.63) is 35.4 Å². The van der Waals surface area contributed by atoms with Crippen molar-refractivity contribution in [2.45, 2.75) is 56.9 Å². The van der Waals surface area contributed by atoms with Gasteiger partial charge in [-0.1, -0.05) is 19.1 Å². The van der Waals surface area contributed by atoms with Gasteiger partial charge in [0.15, 0.2) is 0 Å². The number of nitrogens with zero attached hydrogens (tertiary/aromatic N) is 4. The standard InChI is InChI=1S/C23H29N5O4/c1-13-7-17(9-24)27(10-13)21(29)19(25)12-26-11-18-8-20(26)22(30)28(18)14(2)15-3-5-16(6-4-15)23(31)32/h3-6,13-14,17-20H,7-8,10-12,25H2,1-2H3,(H,31,32)/t13?,14-,17?,18-,19?,20?/m0/s1. The van der Waals surface area contributed by atoms with E-state index < -0.39 is 18.1 Å². The van der Waals surface area contributed by atoms with Gasteiger partial charge in [-0.25, -0.2) is 4.79 Å². The van der Waals surface area contributed by atoms with Crippen LogP contribution < -0.4 is 5.73 Å². The second kappa shape index (κ2) is 8.52. The van der Waals surface area contributed by atoms with Crippen LogP contribution in [0.2, 0.25) is 0 Å². The molecule has 0 spiro atoms. The zero-order valence-electron chi connectivity index (χ0n) is 18.3. The molecular formula is C23H29N5O4. The molecule has 170 valence electrons. The highest BCUT2D eigenvalue weighted by molar-refractivity contribution is 5.88. The van der Waals surface area contributed by atoms with E-state index >= 15 is 0 Å². The molecule has 4 rings (SSSR count).